The molecule has 3 atom stereocenters. The van der Waals surface area contributed by atoms with Crippen LogP contribution in [0, 0.1) is 0 Å². The Hall–Kier alpha value is -3.64. The zero-order valence-electron chi connectivity index (χ0n) is 19.9. The zero-order valence-corrected chi connectivity index (χ0v) is 19.9. The van der Waals surface area contributed by atoms with Crippen LogP contribution in [0.15, 0.2) is 30.3 Å². The number of methoxy groups -OCH3 is 1. The lowest BCUT2D eigenvalue weighted by Crippen LogP contribution is -2.34. The maximum Gasteiger partial charge on any atom is 0.335 e. The number of aromatic nitrogens is 1. The van der Waals surface area contributed by atoms with Crippen LogP contribution >= 0.6 is 0 Å². The van der Waals surface area contributed by atoms with Crippen LogP contribution in [0.2, 0.25) is 0 Å². The monoisotopic (exact) mass is 500 g/mol. The molecule has 3 aromatic rings. The van der Waals surface area contributed by atoms with E-state index in [9.17, 15) is 24.9 Å². The van der Waals surface area contributed by atoms with Crippen molar-refractivity contribution in [2.45, 2.75) is 37.6 Å². The van der Waals surface area contributed by atoms with Gasteiger partial charge in [-0.3, -0.25) is 4.79 Å². The molecule has 0 saturated carbocycles. The minimum absolute atomic E-state index is 0.0472. The molecule has 0 fully saturated rings. The lowest BCUT2D eigenvalue weighted by atomic mass is 9.79. The smallest absolute Gasteiger partial charge is 0.335 e. The average molecular weight is 501 g/mol. The van der Waals surface area contributed by atoms with Gasteiger partial charge < -0.3 is 45.4 Å². The summed E-state index contributed by atoms with van der Waals surface area (Å²) < 4.78 is 17.2. The van der Waals surface area contributed by atoms with Crippen LogP contribution < -0.4 is 15.2 Å². The van der Waals surface area contributed by atoms with Crippen LogP contribution in [0.5, 0.6) is 17.2 Å². The van der Waals surface area contributed by atoms with Crippen molar-refractivity contribution in [3.05, 3.63) is 52.7 Å². The highest BCUT2D eigenvalue weighted by Crippen LogP contribution is 2.52. The Morgan fingerprint density at radius 1 is 1.17 bits per heavy atom. The Morgan fingerprint density at radius 2 is 1.89 bits per heavy atom. The molecular formula is C25H28N2O9. The van der Waals surface area contributed by atoms with E-state index < -0.39 is 42.2 Å². The van der Waals surface area contributed by atoms with Crippen LogP contribution in [0.1, 0.15) is 47.1 Å². The molecule has 2 aromatic carbocycles. The van der Waals surface area contributed by atoms with E-state index in [4.69, 9.17) is 25.1 Å². The number of primary amides is 1. The molecular weight excluding hydrogens is 472 g/mol. The van der Waals surface area contributed by atoms with E-state index in [1.165, 1.54) is 19.2 Å². The number of H-pyrrole nitrogens is 1. The normalized spacial score (nSPS) is 16.4. The van der Waals surface area contributed by atoms with Gasteiger partial charge in [0.05, 0.1) is 23.4 Å². The number of amides is 1. The number of nitrogens with one attached hydrogen (secondary N) is 1. The van der Waals surface area contributed by atoms with Gasteiger partial charge in [0.2, 0.25) is 0 Å². The maximum atomic E-state index is 12.1. The lowest BCUT2D eigenvalue weighted by Gasteiger charge is -2.33. The minimum Gasteiger partial charge on any atom is -0.491 e. The number of aliphatic hydroxyl groups excluding tert-OH is 3. The second-order valence-corrected chi connectivity index (χ2v) is 9.15. The van der Waals surface area contributed by atoms with Crippen molar-refractivity contribution >= 4 is 22.8 Å². The Labute approximate surface area is 206 Å². The molecule has 192 valence electrons. The number of rotatable bonds is 9. The number of nitrogens with two attached hydrogens (primary N) is 1. The number of aromatic carboxylic acids is 1. The Kier molecular flexibility index (Phi) is 6.67. The van der Waals surface area contributed by atoms with Crippen molar-refractivity contribution in [2.24, 2.45) is 5.73 Å². The van der Waals surface area contributed by atoms with Crippen LogP contribution in [0.4, 0.5) is 0 Å². The Morgan fingerprint density at radius 3 is 2.50 bits per heavy atom. The average Bonchev–Trinajstić information content (AvgIpc) is 3.22. The highest BCUT2D eigenvalue weighted by Gasteiger charge is 2.39. The predicted octanol–water partition coefficient (Wildman–Crippen LogP) is 1.56. The Bertz CT molecular complexity index is 1330. The lowest BCUT2D eigenvalue weighted by molar-refractivity contribution is -0.127. The summed E-state index contributed by atoms with van der Waals surface area (Å²) in [4.78, 5) is 27.1. The first kappa shape index (κ1) is 25.5. The largest absolute Gasteiger partial charge is 0.491 e. The van der Waals surface area contributed by atoms with Gasteiger partial charge >= 0.3 is 5.97 Å². The van der Waals surface area contributed by atoms with Gasteiger partial charge in [0, 0.05) is 29.0 Å². The fourth-order valence-corrected chi connectivity index (χ4v) is 4.44. The molecule has 1 aliphatic heterocycles. The van der Waals surface area contributed by atoms with Crippen LogP contribution in [-0.2, 0) is 14.9 Å². The summed E-state index contributed by atoms with van der Waals surface area (Å²) in [7, 11) is 1.31. The third-order valence-corrected chi connectivity index (χ3v) is 6.42. The molecule has 2 heterocycles. The summed E-state index contributed by atoms with van der Waals surface area (Å²) in [6.07, 6.45) is -3.79. The van der Waals surface area contributed by atoms with Gasteiger partial charge in [-0.1, -0.05) is 0 Å². The molecule has 1 amide bonds. The SMILES string of the molecule is COC(C(N)=O)c1cc(C(=O)O)cc2[nH]c3c(c12)Oc1ccc(OC[C@@H](O)[C@H](O)CO)cc1C3(C)C. The van der Waals surface area contributed by atoms with Crippen molar-refractivity contribution in [3.63, 3.8) is 0 Å². The molecule has 0 radical (unpaired) electrons. The van der Waals surface area contributed by atoms with Crippen molar-refractivity contribution < 1.29 is 44.2 Å². The molecule has 0 spiro atoms. The predicted molar refractivity (Wildman–Crippen MR) is 127 cm³/mol. The highest BCUT2D eigenvalue weighted by atomic mass is 16.5. The number of fused-ring (bicyclic) bond motifs is 4. The van der Waals surface area contributed by atoms with Crippen LogP contribution in [0.25, 0.3) is 10.9 Å². The van der Waals surface area contributed by atoms with Gasteiger partial charge in [-0.05, 0) is 44.2 Å². The summed E-state index contributed by atoms with van der Waals surface area (Å²) in [5.74, 6) is -0.604. The van der Waals surface area contributed by atoms with E-state index in [0.717, 1.165) is 5.56 Å². The van der Waals surface area contributed by atoms with Crippen LogP contribution in [0.3, 0.4) is 0 Å². The molecule has 4 rings (SSSR count). The van der Waals surface area contributed by atoms with Crippen molar-refractivity contribution in [1.29, 1.82) is 0 Å². The van der Waals surface area contributed by atoms with E-state index in [2.05, 4.69) is 4.98 Å². The van der Waals surface area contributed by atoms with E-state index in [0.29, 0.717) is 33.8 Å². The molecule has 11 nitrogen and oxygen atoms in total. The molecule has 0 bridgehead atoms. The topological polar surface area (TPSA) is 185 Å². The number of carboxylic acid groups (broad SMARTS) is 1. The van der Waals surface area contributed by atoms with Gasteiger partial charge in [0.1, 0.15) is 30.3 Å². The second kappa shape index (κ2) is 9.43. The molecule has 0 saturated heterocycles. The summed E-state index contributed by atoms with van der Waals surface area (Å²) >= 11 is 0. The first-order valence-electron chi connectivity index (χ1n) is 11.2. The quantitative estimate of drug-likeness (QED) is 0.254. The molecule has 0 aliphatic carbocycles. The van der Waals surface area contributed by atoms with Gasteiger partial charge in [-0.15, -0.1) is 0 Å². The second-order valence-electron chi connectivity index (χ2n) is 9.15. The molecule has 1 aromatic heterocycles. The van der Waals surface area contributed by atoms with E-state index in [1.807, 2.05) is 13.8 Å². The third-order valence-electron chi connectivity index (χ3n) is 6.42. The minimum atomic E-state index is -1.32. The van der Waals surface area contributed by atoms with E-state index in [-0.39, 0.29) is 17.7 Å². The molecule has 36 heavy (non-hydrogen) atoms. The van der Waals surface area contributed by atoms with Gasteiger partial charge in [0.25, 0.3) is 5.91 Å². The standard InChI is InChI=1S/C25H28N2O9/c1-25(2)14-8-12(35-10-17(30)16(29)9-28)4-5-18(14)36-21-19-13(20(34-3)23(26)31)6-11(24(32)33)7-15(19)27-22(21)25/h4-8,16-17,20,27-30H,9-10H2,1-3H3,(H2,26,31)(H,32,33)/t16-,17-,20?/m1/s1. The fourth-order valence-electron chi connectivity index (χ4n) is 4.44. The number of carbonyl (C=O) groups is 2. The number of hydrogen-bond acceptors (Lipinski definition) is 8. The van der Waals surface area contributed by atoms with Crippen molar-refractivity contribution in [2.75, 3.05) is 20.3 Å². The Balaban J connectivity index is 1.81. The number of carbonyl (C=O) groups excluding carboxylic acids is 1. The fraction of sp³-hybridized carbons (Fsp3) is 0.360. The number of benzene rings is 2. The summed E-state index contributed by atoms with van der Waals surface area (Å²) in [5.41, 5.74) is 6.91. The number of aliphatic hydroxyl groups is 3. The summed E-state index contributed by atoms with van der Waals surface area (Å²) in [6.45, 7) is 3.06. The summed E-state index contributed by atoms with van der Waals surface area (Å²) in [6, 6.07) is 7.88. The number of hydrogen-bond donors (Lipinski definition) is 6. The van der Waals surface area contributed by atoms with E-state index >= 15 is 0 Å². The maximum absolute atomic E-state index is 12.1. The van der Waals surface area contributed by atoms with Crippen LogP contribution in [-0.4, -0.2) is 69.8 Å². The van der Waals surface area contributed by atoms with Gasteiger partial charge in [-0.2, -0.15) is 0 Å². The number of aromatic amines is 1. The first-order valence-corrected chi connectivity index (χ1v) is 11.2. The first-order chi connectivity index (χ1) is 17.0. The number of carboxylic acids is 1. The van der Waals surface area contributed by atoms with Crippen molar-refractivity contribution in [1.82, 2.24) is 4.98 Å². The summed E-state index contributed by atoms with van der Waals surface area (Å²) in [5, 5.41) is 38.5. The molecule has 7 N–H and O–H groups in total. The highest BCUT2D eigenvalue weighted by molar-refractivity contribution is 6.01. The zero-order chi connectivity index (χ0) is 26.4. The third kappa shape index (κ3) is 4.26. The molecule has 1 unspecified atom stereocenters. The number of ether oxygens (including phenoxy) is 3. The molecule has 1 aliphatic rings. The van der Waals surface area contributed by atoms with Gasteiger partial charge in [-0.25, -0.2) is 4.79 Å². The van der Waals surface area contributed by atoms with E-state index in [1.54, 1.807) is 18.2 Å². The van der Waals surface area contributed by atoms with Crippen molar-refractivity contribution in [3.8, 4) is 17.2 Å². The van der Waals surface area contributed by atoms with Gasteiger partial charge in [0.15, 0.2) is 11.9 Å². The molecule has 11 heteroatoms.